The van der Waals surface area contributed by atoms with E-state index >= 15 is 0 Å². The highest BCUT2D eigenvalue weighted by atomic mass is 15.2. The Hall–Kier alpha value is -0.550. The lowest BCUT2D eigenvalue weighted by atomic mass is 10.1. The molecule has 1 aliphatic heterocycles. The van der Waals surface area contributed by atoms with E-state index in [0.717, 1.165) is 19.5 Å². The Morgan fingerprint density at radius 3 is 2.36 bits per heavy atom. The summed E-state index contributed by atoms with van der Waals surface area (Å²) in [6.45, 7) is 8.65. The molecule has 0 aromatic heterocycles. The van der Waals surface area contributed by atoms with Gasteiger partial charge in [0.25, 0.3) is 0 Å². The summed E-state index contributed by atoms with van der Waals surface area (Å²) in [5.74, 6) is 0.272. The highest BCUT2D eigenvalue weighted by molar-refractivity contribution is 4.94. The van der Waals surface area contributed by atoms with E-state index in [1.54, 1.807) is 0 Å². The molecule has 0 unspecified atom stereocenters. The molecule has 0 saturated carbocycles. The van der Waals surface area contributed by atoms with Gasteiger partial charge in [0, 0.05) is 12.1 Å². The van der Waals surface area contributed by atoms with Crippen molar-refractivity contribution in [3.63, 3.8) is 0 Å². The minimum absolute atomic E-state index is 0.242. The zero-order valence-electron chi connectivity index (χ0n) is 7.59. The van der Waals surface area contributed by atoms with E-state index in [1.807, 2.05) is 0 Å². The Morgan fingerprint density at radius 1 is 1.45 bits per heavy atom. The Balaban J connectivity index is 2.50. The monoisotopic (exact) mass is 152 g/mol. The SMILES string of the molecule is CC(C)(C)N1CC[C@H](C#N)C1. The molecule has 62 valence electrons. The third-order valence-electron chi connectivity index (χ3n) is 2.32. The van der Waals surface area contributed by atoms with Crippen LogP contribution < -0.4 is 0 Å². The van der Waals surface area contributed by atoms with Crippen molar-refractivity contribution in [2.75, 3.05) is 13.1 Å². The van der Waals surface area contributed by atoms with Gasteiger partial charge in [-0.05, 0) is 33.7 Å². The summed E-state index contributed by atoms with van der Waals surface area (Å²) in [5.41, 5.74) is 0.242. The van der Waals surface area contributed by atoms with Crippen LogP contribution in [0.2, 0.25) is 0 Å². The van der Waals surface area contributed by atoms with Crippen LogP contribution in [0.25, 0.3) is 0 Å². The van der Waals surface area contributed by atoms with Crippen molar-refractivity contribution < 1.29 is 0 Å². The van der Waals surface area contributed by atoms with Gasteiger partial charge in [0.2, 0.25) is 0 Å². The molecule has 2 nitrogen and oxygen atoms in total. The highest BCUT2D eigenvalue weighted by Crippen LogP contribution is 2.23. The molecule has 0 aromatic carbocycles. The summed E-state index contributed by atoms with van der Waals surface area (Å²) in [6, 6.07) is 2.32. The van der Waals surface area contributed by atoms with Gasteiger partial charge >= 0.3 is 0 Å². The van der Waals surface area contributed by atoms with E-state index in [1.165, 1.54) is 0 Å². The molecule has 1 atom stereocenters. The number of rotatable bonds is 0. The van der Waals surface area contributed by atoms with Crippen molar-refractivity contribution in [2.24, 2.45) is 5.92 Å². The lowest BCUT2D eigenvalue weighted by molar-refractivity contribution is 0.172. The van der Waals surface area contributed by atoms with Gasteiger partial charge in [-0.15, -0.1) is 0 Å². The van der Waals surface area contributed by atoms with Gasteiger partial charge in [-0.25, -0.2) is 0 Å². The first kappa shape index (κ1) is 8.55. The molecule has 0 N–H and O–H groups in total. The first-order chi connectivity index (χ1) is 5.04. The van der Waals surface area contributed by atoms with Gasteiger partial charge in [0.1, 0.15) is 0 Å². The van der Waals surface area contributed by atoms with Crippen LogP contribution in [0.3, 0.4) is 0 Å². The van der Waals surface area contributed by atoms with Crippen LogP contribution >= 0.6 is 0 Å². The minimum Gasteiger partial charge on any atom is -0.297 e. The zero-order valence-corrected chi connectivity index (χ0v) is 7.59. The quantitative estimate of drug-likeness (QED) is 0.527. The minimum atomic E-state index is 0.242. The van der Waals surface area contributed by atoms with Crippen LogP contribution in [0.4, 0.5) is 0 Å². The fraction of sp³-hybridized carbons (Fsp3) is 0.889. The second kappa shape index (κ2) is 2.83. The molecule has 11 heavy (non-hydrogen) atoms. The summed E-state index contributed by atoms with van der Waals surface area (Å²) in [7, 11) is 0. The topological polar surface area (TPSA) is 27.0 Å². The molecule has 0 spiro atoms. The van der Waals surface area contributed by atoms with Crippen LogP contribution in [0.15, 0.2) is 0 Å². The van der Waals surface area contributed by atoms with Gasteiger partial charge < -0.3 is 0 Å². The van der Waals surface area contributed by atoms with Gasteiger partial charge in [-0.2, -0.15) is 5.26 Å². The standard InChI is InChI=1S/C9H16N2/c1-9(2,3)11-5-4-8(6-10)7-11/h8H,4-5,7H2,1-3H3/t8-/m1/s1. The third kappa shape index (κ3) is 1.94. The fourth-order valence-electron chi connectivity index (χ4n) is 1.47. The van der Waals surface area contributed by atoms with E-state index < -0.39 is 0 Å². The number of nitriles is 1. The summed E-state index contributed by atoms with van der Waals surface area (Å²) in [4.78, 5) is 2.38. The fourth-order valence-corrected chi connectivity index (χ4v) is 1.47. The molecule has 1 heterocycles. The summed E-state index contributed by atoms with van der Waals surface area (Å²) in [5, 5.41) is 8.67. The molecular weight excluding hydrogens is 136 g/mol. The van der Waals surface area contributed by atoms with Crippen LogP contribution in [0.1, 0.15) is 27.2 Å². The largest absolute Gasteiger partial charge is 0.297 e. The highest BCUT2D eigenvalue weighted by Gasteiger charge is 2.29. The predicted molar refractivity (Wildman–Crippen MR) is 45.0 cm³/mol. The Morgan fingerprint density at radius 2 is 2.09 bits per heavy atom. The molecule has 0 radical (unpaired) electrons. The van der Waals surface area contributed by atoms with Gasteiger partial charge in [-0.1, -0.05) is 0 Å². The van der Waals surface area contributed by atoms with E-state index in [0.29, 0.717) is 0 Å². The van der Waals surface area contributed by atoms with Crippen LogP contribution in [0.5, 0.6) is 0 Å². The molecular formula is C9H16N2. The summed E-state index contributed by atoms with van der Waals surface area (Å²) >= 11 is 0. The zero-order chi connectivity index (χ0) is 8.48. The Bertz CT molecular complexity index is 173. The lowest BCUT2D eigenvalue weighted by Crippen LogP contribution is -2.39. The molecule has 2 heteroatoms. The number of hydrogen-bond donors (Lipinski definition) is 0. The van der Waals surface area contributed by atoms with E-state index in [4.69, 9.17) is 5.26 Å². The maximum Gasteiger partial charge on any atom is 0.0669 e. The Labute approximate surface area is 68.8 Å². The predicted octanol–water partition coefficient (Wildman–Crippen LogP) is 1.63. The average molecular weight is 152 g/mol. The van der Waals surface area contributed by atoms with Gasteiger partial charge in [0.05, 0.1) is 12.0 Å². The first-order valence-electron chi connectivity index (χ1n) is 4.18. The van der Waals surface area contributed by atoms with Crippen molar-refractivity contribution in [1.29, 1.82) is 5.26 Å². The molecule has 0 amide bonds. The number of nitrogens with zero attached hydrogens (tertiary/aromatic N) is 2. The molecule has 1 saturated heterocycles. The molecule has 1 fully saturated rings. The van der Waals surface area contributed by atoms with Crippen LogP contribution in [0, 0.1) is 17.2 Å². The van der Waals surface area contributed by atoms with E-state index in [2.05, 4.69) is 31.7 Å². The maximum atomic E-state index is 8.67. The summed E-state index contributed by atoms with van der Waals surface area (Å²) < 4.78 is 0. The van der Waals surface area contributed by atoms with Crippen molar-refractivity contribution in [3.8, 4) is 6.07 Å². The lowest BCUT2D eigenvalue weighted by Gasteiger charge is -2.31. The molecule has 0 bridgehead atoms. The van der Waals surface area contributed by atoms with Crippen molar-refractivity contribution >= 4 is 0 Å². The first-order valence-corrected chi connectivity index (χ1v) is 4.18. The normalized spacial score (nSPS) is 26.9. The van der Waals surface area contributed by atoms with Crippen molar-refractivity contribution in [3.05, 3.63) is 0 Å². The maximum absolute atomic E-state index is 8.67. The van der Waals surface area contributed by atoms with Gasteiger partial charge in [0.15, 0.2) is 0 Å². The van der Waals surface area contributed by atoms with Crippen LogP contribution in [-0.2, 0) is 0 Å². The van der Waals surface area contributed by atoms with Gasteiger partial charge in [-0.3, -0.25) is 4.90 Å². The second-order valence-corrected chi connectivity index (χ2v) is 4.23. The van der Waals surface area contributed by atoms with Crippen molar-refractivity contribution in [2.45, 2.75) is 32.7 Å². The number of hydrogen-bond acceptors (Lipinski definition) is 2. The molecule has 1 rings (SSSR count). The van der Waals surface area contributed by atoms with E-state index in [-0.39, 0.29) is 11.5 Å². The van der Waals surface area contributed by atoms with Crippen molar-refractivity contribution in [1.82, 2.24) is 4.90 Å². The summed E-state index contributed by atoms with van der Waals surface area (Å²) in [6.07, 6.45) is 1.05. The number of likely N-dealkylation sites (tertiary alicyclic amines) is 1. The van der Waals surface area contributed by atoms with E-state index in [9.17, 15) is 0 Å². The molecule has 0 aliphatic carbocycles. The Kier molecular flexibility index (Phi) is 2.20. The second-order valence-electron chi connectivity index (χ2n) is 4.23. The molecule has 0 aromatic rings. The smallest absolute Gasteiger partial charge is 0.0669 e. The average Bonchev–Trinajstić information content (AvgIpc) is 2.32. The third-order valence-corrected chi connectivity index (χ3v) is 2.32. The molecule has 1 aliphatic rings. The van der Waals surface area contributed by atoms with Crippen LogP contribution in [-0.4, -0.2) is 23.5 Å².